The Morgan fingerprint density at radius 3 is 2.69 bits per heavy atom. The predicted octanol–water partition coefficient (Wildman–Crippen LogP) is 3.58. The van der Waals surface area contributed by atoms with Gasteiger partial charge in [0.15, 0.2) is 11.5 Å². The lowest BCUT2D eigenvalue weighted by molar-refractivity contribution is -0.130. The van der Waals surface area contributed by atoms with Gasteiger partial charge in [-0.15, -0.1) is 0 Å². The van der Waals surface area contributed by atoms with Gasteiger partial charge >= 0.3 is 0 Å². The third kappa shape index (κ3) is 2.13. The number of alkyl halides is 3. The summed E-state index contributed by atoms with van der Waals surface area (Å²) in [7, 11) is 3.32. The molecule has 1 aromatic carbocycles. The van der Waals surface area contributed by atoms with E-state index in [-0.39, 0.29) is 49.4 Å². The molecule has 170 valence electrons. The maximum atomic E-state index is 13.9. The summed E-state index contributed by atoms with van der Waals surface area (Å²) < 4.78 is 17.5. The SMILES string of the molecule is COc1cc2c(cc1OC)[C@@]13CCN4CC5=CCO[C@H]6C(Br)C(=O)N2[C@H]1[C@H]6[C@H]5C(Br)(Br)[C@H]43. The lowest BCUT2D eigenvalue weighted by Crippen LogP contribution is -2.76. The summed E-state index contributed by atoms with van der Waals surface area (Å²) in [6, 6.07) is 4.37. The predicted molar refractivity (Wildman–Crippen MR) is 131 cm³/mol. The monoisotopic (exact) mass is 628 g/mol. The number of benzene rings is 1. The number of ether oxygens (including phenoxy) is 3. The Labute approximate surface area is 212 Å². The molecule has 1 aliphatic carbocycles. The molecule has 2 bridgehead atoms. The molecule has 0 radical (unpaired) electrons. The number of fused-ring (bicyclic) bond motifs is 2. The Kier molecular flexibility index (Phi) is 4.23. The first-order valence-corrected chi connectivity index (χ1v) is 13.5. The number of halogens is 3. The Balaban J connectivity index is 1.58. The Bertz CT molecular complexity index is 1090. The van der Waals surface area contributed by atoms with Gasteiger partial charge in [0.1, 0.15) is 8.06 Å². The maximum Gasteiger partial charge on any atom is 0.243 e. The first-order valence-electron chi connectivity index (χ1n) is 11.0. The van der Waals surface area contributed by atoms with Crippen molar-refractivity contribution in [1.29, 1.82) is 0 Å². The standard InChI is InChI=1S/C23H23Br3N2O4/c1-30-13-7-11-12(8-14(13)31-2)28-19-15-16-10(3-6-32-18(15)17(24)20(28)29)9-27-5-4-22(11,19)21(27)23(16,25)26/h3,7-8,15-19,21H,4-6,9H2,1-2H3/t15-,16-,17?,18+,19-,21+,22-/m0/s1. The van der Waals surface area contributed by atoms with Crippen molar-refractivity contribution in [1.82, 2.24) is 4.90 Å². The molecule has 0 aromatic heterocycles. The van der Waals surface area contributed by atoms with Crippen LogP contribution in [0.5, 0.6) is 11.5 Å². The summed E-state index contributed by atoms with van der Waals surface area (Å²) in [5.74, 6) is 1.84. The largest absolute Gasteiger partial charge is 0.493 e. The molecule has 7 atom stereocenters. The minimum absolute atomic E-state index is 0.0330. The van der Waals surface area contributed by atoms with E-state index in [2.05, 4.69) is 69.7 Å². The van der Waals surface area contributed by atoms with Crippen molar-refractivity contribution >= 4 is 59.4 Å². The third-order valence-electron chi connectivity index (χ3n) is 8.82. The summed E-state index contributed by atoms with van der Waals surface area (Å²) in [6.07, 6.45) is 3.06. The quantitative estimate of drug-likeness (QED) is 0.370. The van der Waals surface area contributed by atoms with Gasteiger partial charge in [-0.25, -0.2) is 0 Å². The van der Waals surface area contributed by atoms with Gasteiger partial charge in [-0.1, -0.05) is 59.4 Å². The lowest BCUT2D eigenvalue weighted by Gasteiger charge is -2.64. The molecule has 9 heteroatoms. The molecule has 4 fully saturated rings. The number of carbonyl (C=O) groups excluding carboxylic acids is 1. The van der Waals surface area contributed by atoms with Crippen LogP contribution in [0.3, 0.4) is 0 Å². The molecule has 7 rings (SSSR count). The number of rotatable bonds is 2. The molecular formula is C23H23Br3N2O4. The second kappa shape index (κ2) is 6.53. The highest BCUT2D eigenvalue weighted by Crippen LogP contribution is 2.72. The van der Waals surface area contributed by atoms with Crippen molar-refractivity contribution in [2.24, 2.45) is 11.8 Å². The summed E-state index contributed by atoms with van der Waals surface area (Å²) in [5.41, 5.74) is 3.35. The van der Waals surface area contributed by atoms with Gasteiger partial charge < -0.3 is 19.1 Å². The van der Waals surface area contributed by atoms with Crippen LogP contribution < -0.4 is 14.4 Å². The number of piperidine rings is 2. The molecule has 1 unspecified atom stereocenters. The van der Waals surface area contributed by atoms with Gasteiger partial charge in [-0.05, 0) is 24.6 Å². The molecule has 1 amide bonds. The summed E-state index contributed by atoms with van der Waals surface area (Å²) >= 11 is 12.2. The number of hydrogen-bond donors (Lipinski definition) is 0. The van der Waals surface area contributed by atoms with Crippen LogP contribution in [0.15, 0.2) is 23.8 Å². The summed E-state index contributed by atoms with van der Waals surface area (Å²) in [4.78, 5) is 18.2. The Morgan fingerprint density at radius 1 is 1.19 bits per heavy atom. The molecular weight excluding hydrogens is 608 g/mol. The zero-order chi connectivity index (χ0) is 22.2. The van der Waals surface area contributed by atoms with Gasteiger partial charge in [-0.2, -0.15) is 0 Å². The van der Waals surface area contributed by atoms with Crippen molar-refractivity contribution in [2.75, 3.05) is 38.8 Å². The average molecular weight is 631 g/mol. The van der Waals surface area contributed by atoms with Gasteiger partial charge in [0, 0.05) is 35.9 Å². The van der Waals surface area contributed by atoms with E-state index in [1.165, 1.54) is 11.1 Å². The number of amides is 1. The first-order chi connectivity index (χ1) is 15.4. The summed E-state index contributed by atoms with van der Waals surface area (Å²) in [6.45, 7) is 2.50. The van der Waals surface area contributed by atoms with E-state index in [4.69, 9.17) is 14.2 Å². The van der Waals surface area contributed by atoms with Crippen LogP contribution in [0.25, 0.3) is 0 Å². The number of nitrogens with zero attached hydrogens (tertiary/aromatic N) is 2. The van der Waals surface area contributed by atoms with Crippen molar-refractivity contribution < 1.29 is 19.0 Å². The van der Waals surface area contributed by atoms with E-state index >= 15 is 0 Å². The van der Waals surface area contributed by atoms with E-state index in [9.17, 15) is 4.79 Å². The van der Waals surface area contributed by atoms with Crippen LogP contribution in [0.4, 0.5) is 5.69 Å². The molecule has 1 saturated carbocycles. The van der Waals surface area contributed by atoms with Gasteiger partial charge in [0.25, 0.3) is 0 Å². The van der Waals surface area contributed by atoms with Crippen molar-refractivity contribution in [3.8, 4) is 11.5 Å². The number of anilines is 1. The molecule has 5 heterocycles. The van der Waals surface area contributed by atoms with E-state index in [1.807, 2.05) is 6.07 Å². The molecule has 6 aliphatic rings. The second-order valence-electron chi connectivity index (χ2n) is 9.75. The maximum absolute atomic E-state index is 13.9. The Morgan fingerprint density at radius 2 is 1.94 bits per heavy atom. The van der Waals surface area contributed by atoms with Crippen molar-refractivity contribution in [3.63, 3.8) is 0 Å². The molecule has 0 N–H and O–H groups in total. The number of hydrogen-bond acceptors (Lipinski definition) is 5. The van der Waals surface area contributed by atoms with Crippen LogP contribution in [0.1, 0.15) is 12.0 Å². The fourth-order valence-electron chi connectivity index (χ4n) is 7.95. The molecule has 5 aliphatic heterocycles. The lowest BCUT2D eigenvalue weighted by atomic mass is 9.53. The van der Waals surface area contributed by atoms with Crippen molar-refractivity contribution in [2.45, 2.75) is 38.1 Å². The molecule has 1 aromatic rings. The second-order valence-corrected chi connectivity index (χ2v) is 14.4. The normalized spacial score (nSPS) is 42.3. The molecule has 32 heavy (non-hydrogen) atoms. The fraction of sp³-hybridized carbons (Fsp3) is 0.609. The Hall–Kier alpha value is -0.610. The van der Waals surface area contributed by atoms with Gasteiger partial charge in [0.2, 0.25) is 5.91 Å². The van der Waals surface area contributed by atoms with Crippen LogP contribution in [0, 0.1) is 11.8 Å². The highest BCUT2D eigenvalue weighted by atomic mass is 79.9. The van der Waals surface area contributed by atoms with E-state index in [0.717, 1.165) is 25.2 Å². The zero-order valence-corrected chi connectivity index (χ0v) is 22.4. The molecule has 1 spiro atoms. The number of methoxy groups -OCH3 is 2. The minimum Gasteiger partial charge on any atom is -0.493 e. The van der Waals surface area contributed by atoms with Gasteiger partial charge in [-0.3, -0.25) is 9.69 Å². The highest BCUT2D eigenvalue weighted by molar-refractivity contribution is 9.25. The fourth-order valence-corrected chi connectivity index (χ4v) is 11.3. The average Bonchev–Trinajstić information content (AvgIpc) is 3.21. The van der Waals surface area contributed by atoms with Crippen LogP contribution in [-0.4, -0.2) is 71.0 Å². The van der Waals surface area contributed by atoms with Crippen molar-refractivity contribution in [3.05, 3.63) is 29.3 Å². The van der Waals surface area contributed by atoms with Crippen LogP contribution in [0.2, 0.25) is 0 Å². The summed E-state index contributed by atoms with van der Waals surface area (Å²) in [5, 5.41) is 0. The highest BCUT2D eigenvalue weighted by Gasteiger charge is 2.78. The zero-order valence-electron chi connectivity index (χ0n) is 17.7. The van der Waals surface area contributed by atoms with E-state index < -0.39 is 0 Å². The molecule has 3 saturated heterocycles. The third-order valence-corrected chi connectivity index (χ3v) is 11.6. The van der Waals surface area contributed by atoms with E-state index in [1.54, 1.807) is 14.2 Å². The van der Waals surface area contributed by atoms with Gasteiger partial charge in [0.05, 0.1) is 38.7 Å². The van der Waals surface area contributed by atoms with Crippen LogP contribution in [-0.2, 0) is 14.9 Å². The number of carbonyl (C=O) groups is 1. The first kappa shape index (κ1) is 20.7. The van der Waals surface area contributed by atoms with Crippen LogP contribution >= 0.6 is 47.8 Å². The topological polar surface area (TPSA) is 51.2 Å². The smallest absolute Gasteiger partial charge is 0.243 e. The minimum atomic E-state index is -0.389. The molecule has 6 nitrogen and oxygen atoms in total. The van der Waals surface area contributed by atoms with E-state index in [0.29, 0.717) is 18.1 Å².